The zero-order chi connectivity index (χ0) is 13.9. The number of benzene rings is 1. The molecule has 1 aromatic carbocycles. The molecule has 1 amide bonds. The van der Waals surface area contributed by atoms with E-state index in [1.165, 1.54) is 0 Å². The Morgan fingerprint density at radius 3 is 2.85 bits per heavy atom. The molecule has 8 nitrogen and oxygen atoms in total. The highest BCUT2D eigenvalue weighted by Crippen LogP contribution is 2.19. The van der Waals surface area contributed by atoms with E-state index < -0.39 is 5.91 Å². The van der Waals surface area contributed by atoms with Crippen molar-refractivity contribution in [2.24, 2.45) is 0 Å². The van der Waals surface area contributed by atoms with Crippen molar-refractivity contribution in [1.29, 1.82) is 0 Å². The van der Waals surface area contributed by atoms with Gasteiger partial charge in [0.15, 0.2) is 0 Å². The first-order valence-electron chi connectivity index (χ1n) is 5.82. The smallest absolute Gasteiger partial charge is 0.293 e. The van der Waals surface area contributed by atoms with Crippen molar-refractivity contribution in [3.05, 3.63) is 48.5 Å². The second-order valence-corrected chi connectivity index (χ2v) is 3.96. The molecule has 0 radical (unpaired) electrons. The molecule has 0 fully saturated rings. The Kier molecular flexibility index (Phi) is 2.88. The lowest BCUT2D eigenvalue weighted by atomic mass is 10.2. The maximum absolute atomic E-state index is 12.0. The molecular weight excluding hydrogens is 258 g/mol. The van der Waals surface area contributed by atoms with Gasteiger partial charge in [0, 0.05) is 12.4 Å². The number of carbonyl (C=O) groups is 1. The molecule has 0 unspecified atom stereocenters. The Labute approximate surface area is 113 Å². The summed E-state index contributed by atoms with van der Waals surface area (Å²) in [6, 6.07) is 9.10. The maximum Gasteiger partial charge on any atom is 0.293 e. The van der Waals surface area contributed by atoms with Gasteiger partial charge in [-0.3, -0.25) is 9.89 Å². The standard InChI is InChI=1S/C12H11N7O/c13-12-16-10(17-18-12)11(20)15-8-4-1-2-5-9(8)19-7-3-6-14-19/h1-7H,(H,15,20)(H3,13,16,17,18). The second-order valence-electron chi connectivity index (χ2n) is 3.96. The molecular formula is C12H11N7O. The first kappa shape index (κ1) is 11.9. The van der Waals surface area contributed by atoms with Crippen molar-refractivity contribution in [2.75, 3.05) is 11.1 Å². The molecule has 0 saturated carbocycles. The van der Waals surface area contributed by atoms with Crippen LogP contribution in [-0.4, -0.2) is 30.9 Å². The van der Waals surface area contributed by atoms with Gasteiger partial charge in [-0.15, -0.1) is 5.10 Å². The number of nitrogen functional groups attached to an aromatic ring is 1. The SMILES string of the molecule is Nc1n[nH]c(C(=O)Nc2ccccc2-n2cccn2)n1. The molecule has 0 aliphatic rings. The normalized spacial score (nSPS) is 10.4. The van der Waals surface area contributed by atoms with Crippen LogP contribution in [0.1, 0.15) is 10.6 Å². The van der Waals surface area contributed by atoms with E-state index in [0.29, 0.717) is 5.69 Å². The van der Waals surface area contributed by atoms with Gasteiger partial charge in [0.1, 0.15) is 0 Å². The summed E-state index contributed by atoms with van der Waals surface area (Å²) < 4.78 is 1.66. The van der Waals surface area contributed by atoms with E-state index in [1.807, 2.05) is 18.2 Å². The number of hydrogen-bond acceptors (Lipinski definition) is 5. The Balaban J connectivity index is 1.90. The highest BCUT2D eigenvalue weighted by atomic mass is 16.2. The molecule has 2 heterocycles. The number of H-pyrrole nitrogens is 1. The number of carbonyl (C=O) groups excluding carboxylic acids is 1. The Bertz CT molecular complexity index is 732. The van der Waals surface area contributed by atoms with E-state index in [-0.39, 0.29) is 11.8 Å². The number of aromatic nitrogens is 5. The average Bonchev–Trinajstić information content (AvgIpc) is 3.10. The van der Waals surface area contributed by atoms with Crippen LogP contribution in [0.4, 0.5) is 11.6 Å². The molecule has 0 spiro atoms. The summed E-state index contributed by atoms with van der Waals surface area (Å²) in [7, 11) is 0. The van der Waals surface area contributed by atoms with E-state index in [1.54, 1.807) is 29.2 Å². The Morgan fingerprint density at radius 1 is 1.30 bits per heavy atom. The first-order valence-corrected chi connectivity index (χ1v) is 5.82. The molecule has 0 aliphatic heterocycles. The number of para-hydroxylation sites is 2. The predicted octanol–water partition coefficient (Wildman–Crippen LogP) is 0.825. The molecule has 0 saturated heterocycles. The van der Waals surface area contributed by atoms with Crippen LogP contribution >= 0.6 is 0 Å². The van der Waals surface area contributed by atoms with Crippen molar-refractivity contribution in [1.82, 2.24) is 25.0 Å². The minimum Gasteiger partial charge on any atom is -0.366 e. The van der Waals surface area contributed by atoms with E-state index in [4.69, 9.17) is 5.73 Å². The predicted molar refractivity (Wildman–Crippen MR) is 72.3 cm³/mol. The van der Waals surface area contributed by atoms with Gasteiger partial charge in [-0.2, -0.15) is 10.1 Å². The summed E-state index contributed by atoms with van der Waals surface area (Å²) in [5.74, 6) is -0.345. The molecule has 2 aromatic heterocycles. The van der Waals surface area contributed by atoms with Crippen LogP contribution < -0.4 is 11.1 Å². The molecule has 3 aromatic rings. The summed E-state index contributed by atoms with van der Waals surface area (Å²) in [5, 5.41) is 13.0. The van der Waals surface area contributed by atoms with Crippen molar-refractivity contribution < 1.29 is 4.79 Å². The maximum atomic E-state index is 12.0. The molecule has 0 atom stereocenters. The van der Waals surface area contributed by atoms with E-state index in [0.717, 1.165) is 5.69 Å². The fourth-order valence-electron chi connectivity index (χ4n) is 1.75. The Morgan fingerprint density at radius 2 is 2.15 bits per heavy atom. The first-order chi connectivity index (χ1) is 9.74. The van der Waals surface area contributed by atoms with Gasteiger partial charge in [0.05, 0.1) is 11.4 Å². The lowest BCUT2D eigenvalue weighted by Crippen LogP contribution is -2.15. The van der Waals surface area contributed by atoms with Gasteiger partial charge in [0.25, 0.3) is 5.91 Å². The third kappa shape index (κ3) is 2.21. The van der Waals surface area contributed by atoms with Crippen LogP contribution in [0.25, 0.3) is 5.69 Å². The largest absolute Gasteiger partial charge is 0.366 e. The van der Waals surface area contributed by atoms with Gasteiger partial charge >= 0.3 is 0 Å². The fourth-order valence-corrected chi connectivity index (χ4v) is 1.75. The van der Waals surface area contributed by atoms with Crippen molar-refractivity contribution in [3.8, 4) is 5.69 Å². The van der Waals surface area contributed by atoms with Gasteiger partial charge in [-0.25, -0.2) is 4.68 Å². The summed E-state index contributed by atoms with van der Waals surface area (Å²) in [6.45, 7) is 0. The zero-order valence-corrected chi connectivity index (χ0v) is 10.3. The average molecular weight is 269 g/mol. The number of amides is 1. The number of hydrogen-bond donors (Lipinski definition) is 3. The van der Waals surface area contributed by atoms with Gasteiger partial charge in [-0.05, 0) is 18.2 Å². The molecule has 4 N–H and O–H groups in total. The van der Waals surface area contributed by atoms with Crippen LogP contribution in [0.2, 0.25) is 0 Å². The summed E-state index contributed by atoms with van der Waals surface area (Å²) in [6.07, 6.45) is 3.45. The number of anilines is 2. The molecule has 8 heteroatoms. The number of nitrogens with one attached hydrogen (secondary N) is 2. The summed E-state index contributed by atoms with van der Waals surface area (Å²) in [5.41, 5.74) is 6.73. The number of aromatic amines is 1. The minimum atomic E-state index is -0.422. The minimum absolute atomic E-state index is 0.0236. The lowest BCUT2D eigenvalue weighted by molar-refractivity contribution is 0.101. The van der Waals surface area contributed by atoms with E-state index in [9.17, 15) is 4.79 Å². The van der Waals surface area contributed by atoms with Crippen LogP contribution in [0, 0.1) is 0 Å². The van der Waals surface area contributed by atoms with Crippen LogP contribution in [0.3, 0.4) is 0 Å². The van der Waals surface area contributed by atoms with E-state index in [2.05, 4.69) is 25.6 Å². The van der Waals surface area contributed by atoms with E-state index >= 15 is 0 Å². The molecule has 3 rings (SSSR count). The van der Waals surface area contributed by atoms with Crippen molar-refractivity contribution in [3.63, 3.8) is 0 Å². The van der Waals surface area contributed by atoms with Crippen molar-refractivity contribution in [2.45, 2.75) is 0 Å². The van der Waals surface area contributed by atoms with Gasteiger partial charge in [0.2, 0.25) is 11.8 Å². The number of rotatable bonds is 3. The highest BCUT2D eigenvalue weighted by molar-refractivity contribution is 6.02. The van der Waals surface area contributed by atoms with Crippen LogP contribution in [0.15, 0.2) is 42.7 Å². The molecule has 20 heavy (non-hydrogen) atoms. The fraction of sp³-hybridized carbons (Fsp3) is 0. The topological polar surface area (TPSA) is 115 Å². The Hall–Kier alpha value is -3.16. The lowest BCUT2D eigenvalue weighted by Gasteiger charge is -2.09. The summed E-state index contributed by atoms with van der Waals surface area (Å²) >= 11 is 0. The molecule has 100 valence electrons. The third-order valence-corrected chi connectivity index (χ3v) is 2.62. The van der Waals surface area contributed by atoms with Crippen LogP contribution in [0.5, 0.6) is 0 Å². The highest BCUT2D eigenvalue weighted by Gasteiger charge is 2.13. The van der Waals surface area contributed by atoms with Gasteiger partial charge < -0.3 is 11.1 Å². The number of nitrogens with zero attached hydrogens (tertiary/aromatic N) is 4. The van der Waals surface area contributed by atoms with Crippen molar-refractivity contribution >= 4 is 17.5 Å². The summed E-state index contributed by atoms with van der Waals surface area (Å²) in [4.78, 5) is 15.8. The monoisotopic (exact) mass is 269 g/mol. The second kappa shape index (κ2) is 4.84. The quantitative estimate of drug-likeness (QED) is 0.651. The number of nitrogens with two attached hydrogens (primary N) is 1. The third-order valence-electron chi connectivity index (χ3n) is 2.62. The zero-order valence-electron chi connectivity index (χ0n) is 10.3. The van der Waals surface area contributed by atoms with Crippen LogP contribution in [-0.2, 0) is 0 Å². The molecule has 0 aliphatic carbocycles. The van der Waals surface area contributed by atoms with Gasteiger partial charge in [-0.1, -0.05) is 12.1 Å². The molecule has 0 bridgehead atoms.